The van der Waals surface area contributed by atoms with Crippen molar-refractivity contribution in [1.29, 1.82) is 5.26 Å². The monoisotopic (exact) mass is 536 g/mol. The number of nitrogens with one attached hydrogen (secondary N) is 2. The summed E-state index contributed by atoms with van der Waals surface area (Å²) in [7, 11) is 1.81. The van der Waals surface area contributed by atoms with Crippen LogP contribution in [0.2, 0.25) is 0 Å². The molecule has 0 atom stereocenters. The number of ether oxygens (including phenoxy) is 1. The molecular weight excluding hydrogens is 511 g/mol. The summed E-state index contributed by atoms with van der Waals surface area (Å²) in [4.78, 5) is 17.2. The van der Waals surface area contributed by atoms with Gasteiger partial charge in [-0.25, -0.2) is 9.18 Å². The first-order valence-electron chi connectivity index (χ1n) is 12.4. The van der Waals surface area contributed by atoms with E-state index in [4.69, 9.17) is 4.74 Å². The average molecular weight is 537 g/mol. The molecule has 5 rings (SSSR count). The lowest BCUT2D eigenvalue weighted by Crippen LogP contribution is -2.20. The summed E-state index contributed by atoms with van der Waals surface area (Å²) in [6.45, 7) is 3.91. The van der Waals surface area contributed by atoms with Crippen molar-refractivity contribution in [1.82, 2.24) is 24.5 Å². The molecular formula is C29H25FN8O2. The number of amides is 2. The second-order valence-corrected chi connectivity index (χ2v) is 9.26. The van der Waals surface area contributed by atoms with Crippen molar-refractivity contribution in [3.05, 3.63) is 90.8 Å². The topological polar surface area (TPSA) is 123 Å². The number of urea groups is 1. The number of hydrogen-bond acceptors (Lipinski definition) is 6. The van der Waals surface area contributed by atoms with Crippen LogP contribution >= 0.6 is 0 Å². The number of pyridine rings is 1. The van der Waals surface area contributed by atoms with Gasteiger partial charge >= 0.3 is 6.03 Å². The molecule has 0 unspecified atom stereocenters. The number of carbonyl (C=O) groups is 1. The van der Waals surface area contributed by atoms with E-state index in [-0.39, 0.29) is 17.5 Å². The van der Waals surface area contributed by atoms with Crippen LogP contribution in [-0.4, -0.2) is 30.6 Å². The van der Waals surface area contributed by atoms with E-state index in [9.17, 15) is 14.4 Å². The molecule has 0 radical (unpaired) electrons. The zero-order chi connectivity index (χ0) is 28.2. The van der Waals surface area contributed by atoms with Crippen LogP contribution in [0.1, 0.15) is 25.5 Å². The molecule has 10 nitrogen and oxygen atoms in total. The Hall–Kier alpha value is -5.50. The fraction of sp³-hybridized carbons (Fsp3) is 0.138. The molecule has 0 saturated carbocycles. The molecule has 11 heteroatoms. The molecule has 0 spiro atoms. The van der Waals surface area contributed by atoms with Gasteiger partial charge in [0.15, 0.2) is 0 Å². The Balaban J connectivity index is 1.30. The van der Waals surface area contributed by atoms with Crippen molar-refractivity contribution in [2.45, 2.75) is 19.9 Å². The van der Waals surface area contributed by atoms with Gasteiger partial charge in [0.1, 0.15) is 23.0 Å². The van der Waals surface area contributed by atoms with Gasteiger partial charge in [-0.1, -0.05) is 12.1 Å². The molecule has 40 heavy (non-hydrogen) atoms. The minimum atomic E-state index is -0.672. The molecule has 0 aliphatic rings. The maximum Gasteiger partial charge on any atom is 0.323 e. The molecule has 5 aromatic rings. The Morgan fingerprint density at radius 1 is 1.02 bits per heavy atom. The lowest BCUT2D eigenvalue weighted by atomic mass is 10.1. The van der Waals surface area contributed by atoms with Gasteiger partial charge in [0, 0.05) is 54.9 Å². The van der Waals surface area contributed by atoms with E-state index in [0.717, 1.165) is 5.56 Å². The number of nitriles is 1. The van der Waals surface area contributed by atoms with Crippen molar-refractivity contribution in [2.75, 3.05) is 10.6 Å². The van der Waals surface area contributed by atoms with Gasteiger partial charge in [-0.15, -0.1) is 0 Å². The molecule has 2 N–H and O–H groups in total. The highest BCUT2D eigenvalue weighted by atomic mass is 19.1. The van der Waals surface area contributed by atoms with Crippen LogP contribution in [-0.2, 0) is 7.05 Å². The number of carbonyl (C=O) groups excluding carboxylic acids is 1. The Bertz CT molecular complexity index is 1730. The maximum atomic E-state index is 14.9. The molecule has 3 aromatic heterocycles. The number of aryl methyl sites for hydroxylation is 1. The Morgan fingerprint density at radius 2 is 1.82 bits per heavy atom. The fourth-order valence-corrected chi connectivity index (χ4v) is 3.96. The van der Waals surface area contributed by atoms with Crippen LogP contribution in [0.15, 0.2) is 79.4 Å². The number of benzene rings is 2. The maximum absolute atomic E-state index is 14.9. The molecule has 0 saturated heterocycles. The number of aromatic nitrogens is 5. The van der Waals surface area contributed by atoms with E-state index >= 15 is 0 Å². The third-order valence-electron chi connectivity index (χ3n) is 5.93. The van der Waals surface area contributed by atoms with Crippen molar-refractivity contribution in [3.8, 4) is 40.1 Å². The summed E-state index contributed by atoms with van der Waals surface area (Å²) < 4.78 is 24.1. The predicted molar refractivity (Wildman–Crippen MR) is 148 cm³/mol. The molecule has 2 aromatic carbocycles. The fourth-order valence-electron chi connectivity index (χ4n) is 3.96. The Labute approximate surface area is 229 Å². The second-order valence-electron chi connectivity index (χ2n) is 9.26. The van der Waals surface area contributed by atoms with Crippen LogP contribution in [0, 0.1) is 17.1 Å². The van der Waals surface area contributed by atoms with Gasteiger partial charge in [-0.05, 0) is 44.2 Å². The van der Waals surface area contributed by atoms with Crippen molar-refractivity contribution >= 4 is 17.4 Å². The standard InChI is InChI=1S/C29H25FN8O2/c1-18(2)38-17-27(28(36-38)20-6-4-5-19(11-20)14-31)35-29(39)34-25-8-7-22(12-24(25)30)40-23-9-10-32-26(13-23)21-15-33-37(3)16-21/h4-13,15-18H,1-3H3,(H2,34,35,39). The number of hydrogen-bond donors (Lipinski definition) is 2. The van der Waals surface area contributed by atoms with Gasteiger partial charge in [-0.2, -0.15) is 15.5 Å². The van der Waals surface area contributed by atoms with E-state index in [1.807, 2.05) is 27.1 Å². The Morgan fingerprint density at radius 3 is 2.55 bits per heavy atom. The van der Waals surface area contributed by atoms with E-state index in [1.165, 1.54) is 12.1 Å². The number of halogens is 1. The lowest BCUT2D eigenvalue weighted by molar-refractivity contribution is 0.262. The molecule has 3 heterocycles. The molecule has 0 aliphatic heterocycles. The van der Waals surface area contributed by atoms with E-state index in [0.29, 0.717) is 34.0 Å². The molecule has 0 aliphatic carbocycles. The summed E-state index contributed by atoms with van der Waals surface area (Å²) in [5, 5.41) is 23.3. The van der Waals surface area contributed by atoms with Gasteiger partial charge in [0.2, 0.25) is 0 Å². The summed E-state index contributed by atoms with van der Waals surface area (Å²) >= 11 is 0. The van der Waals surface area contributed by atoms with Crippen molar-refractivity contribution in [2.24, 2.45) is 7.05 Å². The zero-order valence-electron chi connectivity index (χ0n) is 22.0. The summed E-state index contributed by atoms with van der Waals surface area (Å²) in [5.41, 5.74) is 3.52. The van der Waals surface area contributed by atoms with Crippen LogP contribution < -0.4 is 15.4 Å². The predicted octanol–water partition coefficient (Wildman–Crippen LogP) is 6.37. The Kier molecular flexibility index (Phi) is 7.24. The van der Waals surface area contributed by atoms with Gasteiger partial charge in [0.05, 0.1) is 34.9 Å². The lowest BCUT2D eigenvalue weighted by Gasteiger charge is -2.11. The van der Waals surface area contributed by atoms with Gasteiger partial charge < -0.3 is 15.4 Å². The third kappa shape index (κ3) is 5.81. The summed E-state index contributed by atoms with van der Waals surface area (Å²) in [6, 6.07) is 16.0. The van der Waals surface area contributed by atoms with Crippen LogP contribution in [0.4, 0.5) is 20.6 Å². The van der Waals surface area contributed by atoms with Gasteiger partial charge in [-0.3, -0.25) is 14.3 Å². The first-order chi connectivity index (χ1) is 19.3. The smallest absolute Gasteiger partial charge is 0.323 e. The molecule has 0 fully saturated rings. The largest absolute Gasteiger partial charge is 0.457 e. The van der Waals surface area contributed by atoms with Gasteiger partial charge in [0.25, 0.3) is 0 Å². The van der Waals surface area contributed by atoms with Crippen LogP contribution in [0.25, 0.3) is 22.5 Å². The van der Waals surface area contributed by atoms with Crippen LogP contribution in [0.3, 0.4) is 0 Å². The number of nitrogens with zero attached hydrogens (tertiary/aromatic N) is 6. The number of rotatable bonds is 7. The van der Waals surface area contributed by atoms with E-state index in [2.05, 4.69) is 31.9 Å². The van der Waals surface area contributed by atoms with E-state index < -0.39 is 11.8 Å². The molecule has 200 valence electrons. The average Bonchev–Trinajstić information content (AvgIpc) is 3.57. The van der Waals surface area contributed by atoms with Crippen molar-refractivity contribution < 1.29 is 13.9 Å². The highest BCUT2D eigenvalue weighted by molar-refractivity contribution is 6.02. The summed E-state index contributed by atoms with van der Waals surface area (Å²) in [5.74, 6) is 0.0561. The highest BCUT2D eigenvalue weighted by Crippen LogP contribution is 2.30. The van der Waals surface area contributed by atoms with Crippen molar-refractivity contribution in [3.63, 3.8) is 0 Å². The normalized spacial score (nSPS) is 10.8. The quantitative estimate of drug-likeness (QED) is 0.249. The number of anilines is 2. The highest BCUT2D eigenvalue weighted by Gasteiger charge is 2.17. The minimum Gasteiger partial charge on any atom is -0.457 e. The SMILES string of the molecule is CC(C)n1cc(NC(=O)Nc2ccc(Oc3ccnc(-c4cnn(C)c4)c3)cc2F)c(-c2cccc(C#N)c2)n1. The first kappa shape index (κ1) is 26.1. The first-order valence-corrected chi connectivity index (χ1v) is 12.4. The molecule has 0 bridgehead atoms. The second kappa shape index (κ2) is 11.1. The molecule has 2 amide bonds. The summed E-state index contributed by atoms with van der Waals surface area (Å²) in [6.07, 6.45) is 6.82. The third-order valence-corrected chi connectivity index (χ3v) is 5.93. The van der Waals surface area contributed by atoms with Crippen LogP contribution in [0.5, 0.6) is 11.5 Å². The minimum absolute atomic E-state index is 0.0279. The zero-order valence-corrected chi connectivity index (χ0v) is 22.0. The van der Waals surface area contributed by atoms with E-state index in [1.54, 1.807) is 70.4 Å².